The average molecular weight is 520 g/mol. The summed E-state index contributed by atoms with van der Waals surface area (Å²) in [7, 11) is 0. The zero-order chi connectivity index (χ0) is 26.8. The van der Waals surface area contributed by atoms with Gasteiger partial charge in [0, 0.05) is 59.5 Å². The molecular weight excluding hydrogens is 491 g/mol. The molecule has 6 rings (SSSR count). The minimum atomic E-state index is -0.284. The van der Waals surface area contributed by atoms with Crippen molar-refractivity contribution in [3.8, 4) is 5.69 Å². The Bertz CT molecular complexity index is 1770. The molecule has 5 aromatic carbocycles. The number of para-hydroxylation sites is 1. The Morgan fingerprint density at radius 2 is 1.44 bits per heavy atom. The monoisotopic (exact) mass is 519 g/mol. The molecule has 0 bridgehead atoms. The number of halogens is 1. The summed E-state index contributed by atoms with van der Waals surface area (Å²) in [6.45, 7) is 0.789. The summed E-state index contributed by atoms with van der Waals surface area (Å²) in [6.07, 6.45) is 0. The molecule has 1 heterocycles. The molecule has 0 aliphatic heterocycles. The first-order chi connectivity index (χ1) is 19.2. The number of hydrogen-bond acceptors (Lipinski definition) is 5. The number of nitrogens with one attached hydrogen (secondary N) is 1. The van der Waals surface area contributed by atoms with E-state index in [1.165, 1.54) is 12.1 Å². The summed E-state index contributed by atoms with van der Waals surface area (Å²) in [4.78, 5) is 7.09. The SMILES string of the molecule is OCCN(CCO)c1ccc2nc3c4ccccc4c(Nc4ccc(F)cc4)cc3[n+](-c3ccccc3)c2c1. The molecule has 0 fully saturated rings. The first kappa shape index (κ1) is 24.7. The van der Waals surface area contributed by atoms with Crippen LogP contribution < -0.4 is 14.8 Å². The molecule has 0 aliphatic carbocycles. The lowest BCUT2D eigenvalue weighted by molar-refractivity contribution is -0.538. The van der Waals surface area contributed by atoms with Crippen LogP contribution in [0.1, 0.15) is 0 Å². The second-order valence-corrected chi connectivity index (χ2v) is 9.36. The van der Waals surface area contributed by atoms with Gasteiger partial charge in [-0.05, 0) is 36.4 Å². The average Bonchev–Trinajstić information content (AvgIpc) is 2.97. The quantitative estimate of drug-likeness (QED) is 0.141. The summed E-state index contributed by atoms with van der Waals surface area (Å²) in [6, 6.07) is 32.7. The Balaban J connectivity index is 1.67. The minimum absolute atomic E-state index is 0.0168. The Hall–Kier alpha value is -4.59. The Morgan fingerprint density at radius 3 is 2.15 bits per heavy atom. The fourth-order valence-corrected chi connectivity index (χ4v) is 5.12. The second kappa shape index (κ2) is 10.6. The van der Waals surface area contributed by atoms with Crippen molar-refractivity contribution in [1.29, 1.82) is 0 Å². The highest BCUT2D eigenvalue weighted by molar-refractivity contribution is 6.11. The van der Waals surface area contributed by atoms with Crippen LogP contribution in [-0.4, -0.2) is 41.5 Å². The van der Waals surface area contributed by atoms with Gasteiger partial charge in [0.2, 0.25) is 16.7 Å². The van der Waals surface area contributed by atoms with Crippen molar-refractivity contribution < 1.29 is 19.2 Å². The Kier molecular flexibility index (Phi) is 6.75. The van der Waals surface area contributed by atoms with Crippen LogP contribution in [-0.2, 0) is 0 Å². The van der Waals surface area contributed by atoms with Gasteiger partial charge >= 0.3 is 0 Å². The van der Waals surface area contributed by atoms with E-state index in [9.17, 15) is 14.6 Å². The van der Waals surface area contributed by atoms with E-state index < -0.39 is 0 Å². The van der Waals surface area contributed by atoms with E-state index in [2.05, 4.69) is 46.3 Å². The van der Waals surface area contributed by atoms with Crippen molar-refractivity contribution in [3.63, 3.8) is 0 Å². The maximum Gasteiger partial charge on any atom is 0.240 e. The summed E-state index contributed by atoms with van der Waals surface area (Å²) in [5.41, 5.74) is 7.03. The lowest BCUT2D eigenvalue weighted by Gasteiger charge is -2.22. The lowest BCUT2D eigenvalue weighted by Crippen LogP contribution is -2.34. The van der Waals surface area contributed by atoms with E-state index in [0.717, 1.165) is 55.6 Å². The molecule has 194 valence electrons. The van der Waals surface area contributed by atoms with Crippen molar-refractivity contribution in [3.05, 3.63) is 109 Å². The highest BCUT2D eigenvalue weighted by atomic mass is 19.1. The van der Waals surface area contributed by atoms with Crippen LogP contribution in [0.25, 0.3) is 38.5 Å². The number of fused-ring (bicyclic) bond motifs is 4. The van der Waals surface area contributed by atoms with Crippen molar-refractivity contribution >= 4 is 49.9 Å². The van der Waals surface area contributed by atoms with Gasteiger partial charge in [0.1, 0.15) is 16.9 Å². The molecule has 0 amide bonds. The van der Waals surface area contributed by atoms with Gasteiger partial charge in [-0.1, -0.05) is 42.5 Å². The molecule has 3 N–H and O–H groups in total. The first-order valence-corrected chi connectivity index (χ1v) is 12.9. The summed E-state index contributed by atoms with van der Waals surface area (Å²) < 4.78 is 15.8. The van der Waals surface area contributed by atoms with E-state index in [1.807, 2.05) is 47.4 Å². The molecule has 6 nitrogen and oxygen atoms in total. The minimum Gasteiger partial charge on any atom is -0.395 e. The standard InChI is InChI=1S/C32H27FN4O2/c33-22-10-12-23(13-11-22)34-29-21-31-32(27-9-5-4-8-26(27)29)35-28-15-14-25(36(16-18-38)17-19-39)20-30(28)37(31)24-6-2-1-3-7-24/h1-15,20-21,38-39H,16-19H2/p+1. The molecule has 0 unspecified atom stereocenters. The fraction of sp³-hybridized carbons (Fsp3) is 0.125. The summed E-state index contributed by atoms with van der Waals surface area (Å²) in [5, 5.41) is 24.7. The topological polar surface area (TPSA) is 72.5 Å². The fourth-order valence-electron chi connectivity index (χ4n) is 5.12. The zero-order valence-corrected chi connectivity index (χ0v) is 21.3. The molecule has 0 radical (unpaired) electrons. The number of aliphatic hydroxyl groups is 2. The molecule has 1 aromatic heterocycles. The van der Waals surface area contributed by atoms with Gasteiger partial charge in [-0.25, -0.2) is 9.37 Å². The third kappa shape index (κ3) is 4.74. The van der Waals surface area contributed by atoms with Crippen LogP contribution in [0.4, 0.5) is 21.5 Å². The van der Waals surface area contributed by atoms with E-state index >= 15 is 0 Å². The molecule has 0 saturated heterocycles. The number of rotatable bonds is 8. The summed E-state index contributed by atoms with van der Waals surface area (Å²) >= 11 is 0. The van der Waals surface area contributed by atoms with Gasteiger partial charge in [0.05, 0.1) is 18.9 Å². The number of benzene rings is 5. The summed E-state index contributed by atoms with van der Waals surface area (Å²) in [5.74, 6) is -0.284. The van der Waals surface area contributed by atoms with Crippen molar-refractivity contribution in [2.75, 3.05) is 36.5 Å². The van der Waals surface area contributed by atoms with Gasteiger partial charge in [0.15, 0.2) is 0 Å². The molecule has 7 heteroatoms. The second-order valence-electron chi connectivity index (χ2n) is 9.36. The normalized spacial score (nSPS) is 11.4. The highest BCUT2D eigenvalue weighted by Crippen LogP contribution is 2.33. The number of aliphatic hydroxyl groups excluding tert-OH is 2. The molecular formula is C32H28FN4O2+. The Morgan fingerprint density at radius 1 is 0.744 bits per heavy atom. The predicted octanol–water partition coefficient (Wildman–Crippen LogP) is 5.49. The van der Waals surface area contributed by atoms with Gasteiger partial charge < -0.3 is 20.4 Å². The van der Waals surface area contributed by atoms with Crippen LogP contribution in [0.2, 0.25) is 0 Å². The van der Waals surface area contributed by atoms with Gasteiger partial charge in [-0.3, -0.25) is 0 Å². The van der Waals surface area contributed by atoms with Gasteiger partial charge in [-0.15, -0.1) is 4.57 Å². The van der Waals surface area contributed by atoms with Crippen LogP contribution in [0.5, 0.6) is 0 Å². The van der Waals surface area contributed by atoms with E-state index in [0.29, 0.717) is 13.1 Å². The van der Waals surface area contributed by atoms with Crippen LogP contribution in [0, 0.1) is 5.82 Å². The van der Waals surface area contributed by atoms with Crippen molar-refractivity contribution in [2.24, 2.45) is 0 Å². The Labute approximate surface area is 225 Å². The molecule has 6 aromatic rings. The molecule has 39 heavy (non-hydrogen) atoms. The van der Waals surface area contributed by atoms with Crippen LogP contribution in [0.15, 0.2) is 103 Å². The maximum atomic E-state index is 13.6. The number of aromatic nitrogens is 2. The molecule has 0 saturated carbocycles. The van der Waals surface area contributed by atoms with Crippen LogP contribution in [0.3, 0.4) is 0 Å². The maximum absolute atomic E-state index is 13.6. The van der Waals surface area contributed by atoms with Gasteiger partial charge in [0.25, 0.3) is 0 Å². The molecule has 0 atom stereocenters. The third-order valence-electron chi connectivity index (χ3n) is 6.91. The molecule has 0 spiro atoms. The van der Waals surface area contributed by atoms with E-state index in [4.69, 9.17) is 4.98 Å². The van der Waals surface area contributed by atoms with E-state index in [1.54, 1.807) is 12.1 Å². The number of nitrogens with zero attached hydrogens (tertiary/aromatic N) is 3. The van der Waals surface area contributed by atoms with Crippen LogP contribution >= 0.6 is 0 Å². The molecule has 0 aliphatic rings. The lowest BCUT2D eigenvalue weighted by atomic mass is 10.0. The predicted molar refractivity (Wildman–Crippen MR) is 154 cm³/mol. The highest BCUT2D eigenvalue weighted by Gasteiger charge is 2.23. The zero-order valence-electron chi connectivity index (χ0n) is 21.3. The van der Waals surface area contributed by atoms with Gasteiger partial charge in [-0.2, -0.15) is 0 Å². The van der Waals surface area contributed by atoms with E-state index in [-0.39, 0.29) is 19.0 Å². The third-order valence-corrected chi connectivity index (χ3v) is 6.91. The first-order valence-electron chi connectivity index (χ1n) is 12.9. The smallest absolute Gasteiger partial charge is 0.240 e. The van der Waals surface area contributed by atoms with Crippen molar-refractivity contribution in [2.45, 2.75) is 0 Å². The van der Waals surface area contributed by atoms with Crippen molar-refractivity contribution in [1.82, 2.24) is 4.98 Å². The number of hydrogen-bond donors (Lipinski definition) is 3. The number of anilines is 3. The largest absolute Gasteiger partial charge is 0.395 e.